The molecule has 36 heavy (non-hydrogen) atoms. The fraction of sp³-hybridized carbons (Fsp3) is 0.448. The van der Waals surface area contributed by atoms with Crippen LogP contribution in [0.4, 0.5) is 4.39 Å². The van der Waals surface area contributed by atoms with E-state index in [0.29, 0.717) is 19.5 Å². The lowest BCUT2D eigenvalue weighted by Gasteiger charge is -2.31. The fourth-order valence-electron chi connectivity index (χ4n) is 5.51. The Morgan fingerprint density at radius 2 is 1.78 bits per heavy atom. The first kappa shape index (κ1) is 24.5. The van der Waals surface area contributed by atoms with Crippen molar-refractivity contribution in [3.63, 3.8) is 0 Å². The Morgan fingerprint density at radius 3 is 2.53 bits per heavy atom. The molecule has 0 unspecified atom stereocenters. The molecule has 5 rings (SSSR count). The van der Waals surface area contributed by atoms with Gasteiger partial charge in [0, 0.05) is 56.3 Å². The molecular formula is C29H35FN4O2. The fourth-order valence-corrected chi connectivity index (χ4v) is 5.51. The van der Waals surface area contributed by atoms with E-state index in [9.17, 15) is 14.0 Å². The summed E-state index contributed by atoms with van der Waals surface area (Å²) in [5.74, 6) is 0.225. The van der Waals surface area contributed by atoms with Crippen molar-refractivity contribution in [2.75, 3.05) is 32.7 Å². The average molecular weight is 491 g/mol. The molecule has 2 aromatic carbocycles. The molecule has 2 amide bonds. The van der Waals surface area contributed by atoms with E-state index in [2.05, 4.69) is 45.1 Å². The number of hydrogen-bond donors (Lipinski definition) is 1. The molecule has 2 fully saturated rings. The highest BCUT2D eigenvalue weighted by Crippen LogP contribution is 2.25. The number of piperidine rings is 1. The van der Waals surface area contributed by atoms with E-state index >= 15 is 0 Å². The molecule has 1 aromatic heterocycles. The Kier molecular flexibility index (Phi) is 7.66. The lowest BCUT2D eigenvalue weighted by molar-refractivity contribution is -0.127. The Hall–Kier alpha value is -3.19. The van der Waals surface area contributed by atoms with Crippen LogP contribution in [0.1, 0.15) is 43.4 Å². The van der Waals surface area contributed by atoms with E-state index in [0.717, 1.165) is 64.0 Å². The average Bonchev–Trinajstić information content (AvgIpc) is 3.46. The number of benzene rings is 2. The second kappa shape index (κ2) is 11.2. The van der Waals surface area contributed by atoms with Crippen molar-refractivity contribution in [2.24, 2.45) is 5.92 Å². The minimum atomic E-state index is -0.218. The maximum absolute atomic E-state index is 13.4. The largest absolute Gasteiger partial charge is 0.356 e. The van der Waals surface area contributed by atoms with Gasteiger partial charge in [-0.25, -0.2) is 4.39 Å². The number of hydrogen-bond acceptors (Lipinski definition) is 3. The van der Waals surface area contributed by atoms with Crippen LogP contribution in [-0.2, 0) is 22.7 Å². The zero-order chi connectivity index (χ0) is 24.9. The van der Waals surface area contributed by atoms with Crippen molar-refractivity contribution in [1.29, 1.82) is 0 Å². The molecule has 0 bridgehead atoms. The molecule has 6 nitrogen and oxygen atoms in total. The van der Waals surface area contributed by atoms with Gasteiger partial charge in [0.1, 0.15) is 5.82 Å². The maximum atomic E-state index is 13.4. The molecular weight excluding hydrogens is 455 g/mol. The summed E-state index contributed by atoms with van der Waals surface area (Å²) in [4.78, 5) is 28.7. The highest BCUT2D eigenvalue weighted by molar-refractivity contribution is 5.81. The number of carbonyl (C=O) groups is 2. The molecule has 0 aliphatic carbocycles. The number of nitrogens with one attached hydrogen (secondary N) is 1. The Labute approximate surface area is 212 Å². The van der Waals surface area contributed by atoms with Gasteiger partial charge in [-0.05, 0) is 74.0 Å². The van der Waals surface area contributed by atoms with Crippen molar-refractivity contribution in [3.05, 3.63) is 71.7 Å². The topological polar surface area (TPSA) is 57.6 Å². The van der Waals surface area contributed by atoms with E-state index in [4.69, 9.17) is 0 Å². The lowest BCUT2D eigenvalue weighted by atomic mass is 9.95. The van der Waals surface area contributed by atoms with Gasteiger partial charge >= 0.3 is 0 Å². The zero-order valence-electron chi connectivity index (χ0n) is 20.8. The monoisotopic (exact) mass is 490 g/mol. The Balaban J connectivity index is 1.14. The number of fused-ring (bicyclic) bond motifs is 1. The number of likely N-dealkylation sites (tertiary alicyclic amines) is 2. The van der Waals surface area contributed by atoms with Crippen LogP contribution in [0, 0.1) is 11.7 Å². The number of aromatic nitrogens is 1. The summed E-state index contributed by atoms with van der Waals surface area (Å²) < 4.78 is 15.7. The summed E-state index contributed by atoms with van der Waals surface area (Å²) >= 11 is 0. The summed E-state index contributed by atoms with van der Waals surface area (Å²) in [7, 11) is 0. The van der Waals surface area contributed by atoms with E-state index in [1.54, 1.807) is 0 Å². The normalized spacial score (nSPS) is 17.2. The van der Waals surface area contributed by atoms with Gasteiger partial charge in [0.2, 0.25) is 11.8 Å². The van der Waals surface area contributed by atoms with Gasteiger partial charge in [0.15, 0.2) is 0 Å². The van der Waals surface area contributed by atoms with Crippen LogP contribution in [-0.4, -0.2) is 58.9 Å². The molecule has 7 heteroatoms. The van der Waals surface area contributed by atoms with Crippen LogP contribution in [0.15, 0.2) is 54.6 Å². The standard InChI is InChI=1S/C29H35FN4O2/c30-25-10-8-22(9-11-25)20-34-26(19-24-5-1-2-6-27(24)34)21-32-17-12-23(13-18-32)29(36)31-14-4-16-33-15-3-7-28(33)35/h1-2,5-6,8-11,19,23H,3-4,7,12-18,20-21H2,(H,31,36). The van der Waals surface area contributed by atoms with Gasteiger partial charge in [0.25, 0.3) is 0 Å². The van der Waals surface area contributed by atoms with Crippen LogP contribution in [0.3, 0.4) is 0 Å². The number of rotatable bonds is 9. The lowest BCUT2D eigenvalue weighted by Crippen LogP contribution is -2.41. The van der Waals surface area contributed by atoms with Crippen LogP contribution in [0.2, 0.25) is 0 Å². The van der Waals surface area contributed by atoms with Crippen LogP contribution in [0.25, 0.3) is 10.9 Å². The second-order valence-corrected chi connectivity index (χ2v) is 10.1. The molecule has 0 spiro atoms. The van der Waals surface area contributed by atoms with Crippen molar-refractivity contribution >= 4 is 22.7 Å². The number of nitrogens with zero attached hydrogens (tertiary/aromatic N) is 3. The van der Waals surface area contributed by atoms with Crippen LogP contribution < -0.4 is 5.32 Å². The van der Waals surface area contributed by atoms with Gasteiger partial charge in [-0.3, -0.25) is 14.5 Å². The third-order valence-electron chi connectivity index (χ3n) is 7.57. The molecule has 1 N–H and O–H groups in total. The van der Waals surface area contributed by atoms with Crippen molar-refractivity contribution in [3.8, 4) is 0 Å². The number of para-hydroxylation sites is 1. The molecule has 2 aliphatic rings. The van der Waals surface area contributed by atoms with Gasteiger partial charge in [-0.2, -0.15) is 0 Å². The number of halogens is 1. The minimum absolute atomic E-state index is 0.0553. The van der Waals surface area contributed by atoms with Crippen molar-refractivity contribution in [1.82, 2.24) is 19.7 Å². The first-order chi connectivity index (χ1) is 17.6. The summed E-state index contributed by atoms with van der Waals surface area (Å²) in [5, 5.41) is 4.30. The Morgan fingerprint density at radius 1 is 1.00 bits per heavy atom. The van der Waals surface area contributed by atoms with E-state index < -0.39 is 0 Å². The molecule has 0 saturated carbocycles. The smallest absolute Gasteiger partial charge is 0.223 e. The quantitative estimate of drug-likeness (QED) is 0.458. The first-order valence-electron chi connectivity index (χ1n) is 13.2. The summed E-state index contributed by atoms with van der Waals surface area (Å²) in [6, 6.07) is 17.4. The summed E-state index contributed by atoms with van der Waals surface area (Å²) in [6.45, 7) is 5.53. The molecule has 0 radical (unpaired) electrons. The van der Waals surface area contributed by atoms with Crippen LogP contribution >= 0.6 is 0 Å². The van der Waals surface area contributed by atoms with Gasteiger partial charge in [-0.1, -0.05) is 30.3 Å². The molecule has 2 aliphatic heterocycles. The SMILES string of the molecule is O=C(NCCCN1CCCC1=O)C1CCN(Cc2cc3ccccc3n2Cc2ccc(F)cc2)CC1. The molecule has 2 saturated heterocycles. The highest BCUT2D eigenvalue weighted by Gasteiger charge is 2.26. The third-order valence-corrected chi connectivity index (χ3v) is 7.57. The molecule has 190 valence electrons. The second-order valence-electron chi connectivity index (χ2n) is 10.1. The Bertz CT molecular complexity index is 1200. The van der Waals surface area contributed by atoms with Gasteiger partial charge in [-0.15, -0.1) is 0 Å². The van der Waals surface area contributed by atoms with Crippen LogP contribution in [0.5, 0.6) is 0 Å². The van der Waals surface area contributed by atoms with E-state index in [1.165, 1.54) is 28.7 Å². The van der Waals surface area contributed by atoms with Gasteiger partial charge < -0.3 is 14.8 Å². The first-order valence-corrected chi connectivity index (χ1v) is 13.2. The zero-order valence-corrected chi connectivity index (χ0v) is 20.8. The number of carbonyl (C=O) groups excluding carboxylic acids is 2. The van der Waals surface area contributed by atoms with E-state index in [-0.39, 0.29) is 23.5 Å². The van der Waals surface area contributed by atoms with Gasteiger partial charge in [0.05, 0.1) is 0 Å². The predicted octanol–water partition coefficient (Wildman–Crippen LogP) is 4.17. The summed E-state index contributed by atoms with van der Waals surface area (Å²) in [5.41, 5.74) is 3.49. The minimum Gasteiger partial charge on any atom is -0.356 e. The van der Waals surface area contributed by atoms with Crippen molar-refractivity contribution < 1.29 is 14.0 Å². The number of amides is 2. The highest BCUT2D eigenvalue weighted by atomic mass is 19.1. The maximum Gasteiger partial charge on any atom is 0.223 e. The molecule has 3 heterocycles. The van der Waals surface area contributed by atoms with Crippen molar-refractivity contribution in [2.45, 2.75) is 45.2 Å². The molecule has 3 aromatic rings. The third kappa shape index (κ3) is 5.78. The molecule has 0 atom stereocenters. The van der Waals surface area contributed by atoms with E-state index in [1.807, 2.05) is 17.0 Å². The summed E-state index contributed by atoms with van der Waals surface area (Å²) in [6.07, 6.45) is 4.15. The predicted molar refractivity (Wildman–Crippen MR) is 139 cm³/mol.